The molecule has 0 aromatic carbocycles. The number of fused-ring (bicyclic) bond motifs is 4. The predicted octanol–water partition coefficient (Wildman–Crippen LogP) is -4.57. The Morgan fingerprint density at radius 2 is 0.868 bits per heavy atom. The lowest BCUT2D eigenvalue weighted by Gasteiger charge is -2.40. The smallest absolute Gasteiger partial charge is 0.306 e. The first-order valence-electron chi connectivity index (χ1n) is 11.9. The van der Waals surface area contributed by atoms with Crippen molar-refractivity contribution in [1.82, 2.24) is 0 Å². The molecule has 0 aliphatic carbocycles. The number of ketones is 2. The molecule has 3 fully saturated rings. The van der Waals surface area contributed by atoms with Crippen LogP contribution in [0.15, 0.2) is 0 Å². The summed E-state index contributed by atoms with van der Waals surface area (Å²) in [6.07, 6.45) is -17.6. The van der Waals surface area contributed by atoms with Crippen molar-refractivity contribution in [1.29, 1.82) is 0 Å². The number of cyclic esters (lactones) is 2. The fourth-order valence-electron chi connectivity index (χ4n) is 3.86. The van der Waals surface area contributed by atoms with Crippen LogP contribution in [0.3, 0.4) is 0 Å². The SMILES string of the molecule is O=C1CCC(=O)OCC2OC(OCC(=O)CCC(=O)OCC3OC(OC1)C(O)C(O)C3O)C(O)C(O)C2O. The molecule has 3 aliphatic heterocycles. The lowest BCUT2D eigenvalue weighted by Crippen LogP contribution is -2.59. The number of carbonyl (C=O) groups excluding carboxylic acids is 4. The molecule has 16 nitrogen and oxygen atoms in total. The molecular formula is C22H32O16. The maximum Gasteiger partial charge on any atom is 0.306 e. The largest absolute Gasteiger partial charge is 0.463 e. The highest BCUT2D eigenvalue weighted by molar-refractivity contribution is 5.84. The second-order valence-corrected chi connectivity index (χ2v) is 9.09. The van der Waals surface area contributed by atoms with Gasteiger partial charge in [0.05, 0.1) is 12.8 Å². The van der Waals surface area contributed by atoms with Crippen LogP contribution < -0.4 is 0 Å². The van der Waals surface area contributed by atoms with Gasteiger partial charge in [-0.25, -0.2) is 0 Å². The summed E-state index contributed by atoms with van der Waals surface area (Å²) in [6, 6.07) is 0. The first-order valence-corrected chi connectivity index (χ1v) is 11.9. The number of carbonyl (C=O) groups is 4. The Kier molecular flexibility index (Phi) is 11.0. The Hall–Kier alpha value is -2.12. The molecule has 3 aliphatic rings. The molecular weight excluding hydrogens is 520 g/mol. The summed E-state index contributed by atoms with van der Waals surface area (Å²) >= 11 is 0. The average molecular weight is 552 g/mol. The van der Waals surface area contributed by atoms with Gasteiger partial charge in [-0.3, -0.25) is 19.2 Å². The van der Waals surface area contributed by atoms with E-state index in [2.05, 4.69) is 0 Å². The molecule has 4 bridgehead atoms. The highest BCUT2D eigenvalue weighted by Gasteiger charge is 2.46. The topological polar surface area (TPSA) is 245 Å². The van der Waals surface area contributed by atoms with Crippen molar-refractivity contribution in [2.75, 3.05) is 26.4 Å². The fraction of sp³-hybridized carbons (Fsp3) is 0.818. The zero-order chi connectivity index (χ0) is 28.0. The van der Waals surface area contributed by atoms with Crippen LogP contribution in [0.4, 0.5) is 0 Å². The predicted molar refractivity (Wildman–Crippen MR) is 116 cm³/mol. The molecule has 0 amide bonds. The third-order valence-corrected chi connectivity index (χ3v) is 6.19. The van der Waals surface area contributed by atoms with E-state index in [1.807, 2.05) is 0 Å². The lowest BCUT2D eigenvalue weighted by molar-refractivity contribution is -0.300. The van der Waals surface area contributed by atoms with Crippen molar-refractivity contribution >= 4 is 23.5 Å². The summed E-state index contributed by atoms with van der Waals surface area (Å²) in [5, 5.41) is 60.6. The molecule has 216 valence electrons. The van der Waals surface area contributed by atoms with Crippen LogP contribution in [0, 0.1) is 0 Å². The summed E-state index contributed by atoms with van der Waals surface area (Å²) in [4.78, 5) is 48.4. The number of hydrogen-bond acceptors (Lipinski definition) is 16. The van der Waals surface area contributed by atoms with E-state index in [1.165, 1.54) is 0 Å². The van der Waals surface area contributed by atoms with E-state index in [1.54, 1.807) is 0 Å². The van der Waals surface area contributed by atoms with Gasteiger partial charge in [-0.15, -0.1) is 0 Å². The van der Waals surface area contributed by atoms with Gasteiger partial charge in [0.25, 0.3) is 0 Å². The maximum absolute atomic E-state index is 12.1. The van der Waals surface area contributed by atoms with Crippen LogP contribution in [0.2, 0.25) is 0 Å². The van der Waals surface area contributed by atoms with Crippen LogP contribution in [-0.4, -0.2) is 142 Å². The Labute approximate surface area is 215 Å². The molecule has 38 heavy (non-hydrogen) atoms. The van der Waals surface area contributed by atoms with Gasteiger partial charge < -0.3 is 59.1 Å². The van der Waals surface area contributed by atoms with Gasteiger partial charge in [-0.05, 0) is 0 Å². The zero-order valence-corrected chi connectivity index (χ0v) is 20.2. The second-order valence-electron chi connectivity index (χ2n) is 9.09. The maximum atomic E-state index is 12.1. The van der Waals surface area contributed by atoms with E-state index in [9.17, 15) is 49.8 Å². The number of aliphatic hydroxyl groups excluding tert-OH is 6. The number of aliphatic hydroxyl groups is 6. The zero-order valence-electron chi connectivity index (χ0n) is 20.2. The van der Waals surface area contributed by atoms with Gasteiger partial charge in [0.15, 0.2) is 24.1 Å². The fourth-order valence-corrected chi connectivity index (χ4v) is 3.86. The van der Waals surface area contributed by atoms with Crippen LogP contribution in [-0.2, 0) is 47.6 Å². The van der Waals surface area contributed by atoms with Crippen molar-refractivity contribution in [3.63, 3.8) is 0 Å². The highest BCUT2D eigenvalue weighted by Crippen LogP contribution is 2.24. The number of ether oxygens (including phenoxy) is 6. The van der Waals surface area contributed by atoms with E-state index in [-0.39, 0.29) is 12.8 Å². The molecule has 0 aromatic heterocycles. The van der Waals surface area contributed by atoms with Crippen molar-refractivity contribution in [3.05, 3.63) is 0 Å². The molecule has 0 saturated carbocycles. The Morgan fingerprint density at radius 3 is 1.24 bits per heavy atom. The number of hydrogen-bond donors (Lipinski definition) is 6. The van der Waals surface area contributed by atoms with Crippen LogP contribution in [0.5, 0.6) is 0 Å². The minimum absolute atomic E-state index is 0.350. The minimum atomic E-state index is -1.75. The van der Waals surface area contributed by atoms with E-state index < -0.39 is 124 Å². The third-order valence-electron chi connectivity index (χ3n) is 6.19. The van der Waals surface area contributed by atoms with E-state index in [0.29, 0.717) is 0 Å². The molecule has 16 heteroatoms. The molecule has 3 rings (SSSR count). The van der Waals surface area contributed by atoms with Crippen LogP contribution in [0.25, 0.3) is 0 Å². The monoisotopic (exact) mass is 552 g/mol. The Morgan fingerprint density at radius 1 is 0.500 bits per heavy atom. The number of Topliss-reactive ketones (excluding diaryl/α,β-unsaturated/α-hetero) is 2. The molecule has 0 spiro atoms. The first kappa shape index (κ1) is 30.4. The Bertz CT molecular complexity index is 717. The summed E-state index contributed by atoms with van der Waals surface area (Å²) in [5.74, 6) is -2.93. The third kappa shape index (κ3) is 7.95. The summed E-state index contributed by atoms with van der Waals surface area (Å²) in [6.45, 7) is -2.42. The quantitative estimate of drug-likeness (QED) is 0.155. The van der Waals surface area contributed by atoms with Gasteiger partial charge in [-0.1, -0.05) is 0 Å². The summed E-state index contributed by atoms with van der Waals surface area (Å²) in [5.41, 5.74) is 0. The van der Waals surface area contributed by atoms with Crippen molar-refractivity contribution in [2.24, 2.45) is 0 Å². The normalized spacial score (nSPS) is 41.3. The van der Waals surface area contributed by atoms with Gasteiger partial charge in [0, 0.05) is 12.8 Å². The Balaban J connectivity index is 1.67. The number of rotatable bonds is 0. The molecule has 10 unspecified atom stereocenters. The van der Waals surface area contributed by atoms with Gasteiger partial charge in [-0.2, -0.15) is 0 Å². The van der Waals surface area contributed by atoms with Gasteiger partial charge in [0.1, 0.15) is 75.3 Å². The summed E-state index contributed by atoms with van der Waals surface area (Å²) < 4.78 is 31.0. The van der Waals surface area contributed by atoms with Crippen molar-refractivity contribution in [3.8, 4) is 0 Å². The first-order chi connectivity index (χ1) is 18.0. The van der Waals surface area contributed by atoms with Crippen LogP contribution >= 0.6 is 0 Å². The molecule has 3 heterocycles. The van der Waals surface area contributed by atoms with Crippen molar-refractivity contribution < 1.29 is 78.2 Å². The second kappa shape index (κ2) is 13.8. The lowest BCUT2D eigenvalue weighted by atomic mass is 9.99. The van der Waals surface area contributed by atoms with Gasteiger partial charge >= 0.3 is 11.9 Å². The number of esters is 2. The molecule has 3 saturated heterocycles. The van der Waals surface area contributed by atoms with E-state index in [4.69, 9.17) is 28.4 Å². The van der Waals surface area contributed by atoms with E-state index in [0.717, 1.165) is 0 Å². The molecule has 0 radical (unpaired) electrons. The average Bonchev–Trinajstić information content (AvgIpc) is 2.89. The van der Waals surface area contributed by atoms with Crippen molar-refractivity contribution in [2.45, 2.75) is 87.1 Å². The molecule has 6 N–H and O–H groups in total. The standard InChI is InChI=1S/C22H32O16/c23-9-1-3-13(25)33-7-11-15(27)18(30)20(32)22(38-11)36-6-10(24)2-4-14(26)34-8-12-16(28)17(29)19(31)21(37-12)35-5-9/h11-12,15-22,27-32H,1-8H2. The van der Waals surface area contributed by atoms with E-state index >= 15 is 0 Å². The molecule has 0 aromatic rings. The van der Waals surface area contributed by atoms with Crippen LogP contribution in [0.1, 0.15) is 25.7 Å². The summed E-state index contributed by atoms with van der Waals surface area (Å²) in [7, 11) is 0. The minimum Gasteiger partial charge on any atom is -0.463 e. The molecule has 10 atom stereocenters. The van der Waals surface area contributed by atoms with Gasteiger partial charge in [0.2, 0.25) is 0 Å². The highest BCUT2D eigenvalue weighted by atomic mass is 16.7.